The van der Waals surface area contributed by atoms with Gasteiger partial charge in [-0.25, -0.2) is 4.98 Å². The SMILES string of the molecule is Cc1sc(-c2ccco2)nc1C(=O)N1CCN(C(=O)C2CCCC2)CC1. The van der Waals surface area contributed by atoms with Gasteiger partial charge in [-0.15, -0.1) is 11.3 Å². The summed E-state index contributed by atoms with van der Waals surface area (Å²) in [6.45, 7) is 4.30. The average molecular weight is 373 g/mol. The lowest BCUT2D eigenvalue weighted by Crippen LogP contribution is -2.51. The van der Waals surface area contributed by atoms with E-state index >= 15 is 0 Å². The van der Waals surface area contributed by atoms with E-state index < -0.39 is 0 Å². The Morgan fingerprint density at radius 1 is 1.15 bits per heavy atom. The zero-order valence-electron chi connectivity index (χ0n) is 14.9. The van der Waals surface area contributed by atoms with Crippen LogP contribution in [0.5, 0.6) is 0 Å². The number of thiazole rings is 1. The minimum atomic E-state index is -0.0514. The van der Waals surface area contributed by atoms with Crippen molar-refractivity contribution in [3.05, 3.63) is 29.0 Å². The Bertz CT molecular complexity index is 785. The van der Waals surface area contributed by atoms with Gasteiger partial charge >= 0.3 is 0 Å². The summed E-state index contributed by atoms with van der Waals surface area (Å²) in [5.41, 5.74) is 0.497. The number of carbonyl (C=O) groups excluding carboxylic acids is 2. The highest BCUT2D eigenvalue weighted by Gasteiger charge is 2.31. The van der Waals surface area contributed by atoms with Crippen LogP contribution in [0.1, 0.15) is 41.0 Å². The number of furan rings is 1. The van der Waals surface area contributed by atoms with Gasteiger partial charge in [0.2, 0.25) is 5.91 Å². The lowest BCUT2D eigenvalue weighted by Gasteiger charge is -2.35. The van der Waals surface area contributed by atoms with E-state index in [4.69, 9.17) is 4.42 Å². The standard InChI is InChI=1S/C19H23N3O3S/c1-13-16(20-17(26-13)15-7-4-12-25-15)19(24)22-10-8-21(9-11-22)18(23)14-5-2-3-6-14/h4,7,12,14H,2-3,5-6,8-11H2,1H3. The summed E-state index contributed by atoms with van der Waals surface area (Å²) in [5.74, 6) is 1.11. The third-order valence-corrected chi connectivity index (χ3v) is 6.30. The quantitative estimate of drug-likeness (QED) is 0.829. The average Bonchev–Trinajstić information content (AvgIpc) is 3.41. The second-order valence-electron chi connectivity index (χ2n) is 7.00. The highest BCUT2D eigenvalue weighted by atomic mass is 32.1. The number of aromatic nitrogens is 1. The largest absolute Gasteiger partial charge is 0.462 e. The summed E-state index contributed by atoms with van der Waals surface area (Å²) in [6.07, 6.45) is 5.97. The van der Waals surface area contributed by atoms with Crippen molar-refractivity contribution in [2.45, 2.75) is 32.6 Å². The Labute approximate surface area is 156 Å². The van der Waals surface area contributed by atoms with Gasteiger partial charge in [0, 0.05) is 37.0 Å². The van der Waals surface area contributed by atoms with Crippen molar-refractivity contribution < 1.29 is 14.0 Å². The summed E-state index contributed by atoms with van der Waals surface area (Å²) in [6, 6.07) is 3.66. The van der Waals surface area contributed by atoms with Gasteiger partial charge in [-0.2, -0.15) is 0 Å². The molecule has 4 rings (SSSR count). The molecule has 1 aliphatic heterocycles. The van der Waals surface area contributed by atoms with Crippen LogP contribution in [-0.4, -0.2) is 52.8 Å². The summed E-state index contributed by atoms with van der Waals surface area (Å²) < 4.78 is 5.38. The van der Waals surface area contributed by atoms with Crippen LogP contribution < -0.4 is 0 Å². The molecule has 0 N–H and O–H groups in total. The fourth-order valence-corrected chi connectivity index (χ4v) is 4.68. The Hall–Kier alpha value is -2.15. The molecule has 2 fully saturated rings. The second-order valence-corrected chi connectivity index (χ2v) is 8.20. The molecule has 1 saturated carbocycles. The van der Waals surface area contributed by atoms with E-state index in [0.717, 1.165) is 35.6 Å². The minimum absolute atomic E-state index is 0.0514. The molecule has 3 heterocycles. The van der Waals surface area contributed by atoms with Crippen LogP contribution in [-0.2, 0) is 4.79 Å². The van der Waals surface area contributed by atoms with Crippen LogP contribution in [0.3, 0.4) is 0 Å². The van der Waals surface area contributed by atoms with Gasteiger partial charge in [-0.05, 0) is 31.9 Å². The molecule has 0 radical (unpaired) electrons. The van der Waals surface area contributed by atoms with Crippen molar-refractivity contribution in [3.8, 4) is 10.8 Å². The highest BCUT2D eigenvalue weighted by Crippen LogP contribution is 2.29. The van der Waals surface area contributed by atoms with Crippen LogP contribution >= 0.6 is 11.3 Å². The van der Waals surface area contributed by atoms with Crippen molar-refractivity contribution in [1.29, 1.82) is 0 Å². The van der Waals surface area contributed by atoms with E-state index in [2.05, 4.69) is 4.98 Å². The van der Waals surface area contributed by atoms with Gasteiger partial charge in [0.25, 0.3) is 5.91 Å². The normalized spacial score (nSPS) is 18.5. The number of piperazine rings is 1. The zero-order valence-corrected chi connectivity index (χ0v) is 15.8. The highest BCUT2D eigenvalue weighted by molar-refractivity contribution is 7.15. The van der Waals surface area contributed by atoms with Crippen LogP contribution in [0.15, 0.2) is 22.8 Å². The lowest BCUT2D eigenvalue weighted by atomic mass is 10.1. The Kier molecular flexibility index (Phi) is 4.80. The number of rotatable bonds is 3. The van der Waals surface area contributed by atoms with E-state index in [1.54, 1.807) is 6.26 Å². The topological polar surface area (TPSA) is 66.7 Å². The molecule has 0 spiro atoms. The number of carbonyl (C=O) groups is 2. The molecule has 26 heavy (non-hydrogen) atoms. The smallest absolute Gasteiger partial charge is 0.273 e. The number of nitrogens with zero attached hydrogens (tertiary/aromatic N) is 3. The van der Waals surface area contributed by atoms with Crippen LogP contribution in [0, 0.1) is 12.8 Å². The van der Waals surface area contributed by atoms with Gasteiger partial charge in [0.05, 0.1) is 6.26 Å². The van der Waals surface area contributed by atoms with Crippen LogP contribution in [0.2, 0.25) is 0 Å². The third-order valence-electron chi connectivity index (χ3n) is 5.31. The molecule has 138 valence electrons. The van der Waals surface area contributed by atoms with Gasteiger partial charge in [0.15, 0.2) is 10.8 Å². The predicted molar refractivity (Wildman–Crippen MR) is 99.0 cm³/mol. The van der Waals surface area contributed by atoms with E-state index in [0.29, 0.717) is 37.6 Å². The minimum Gasteiger partial charge on any atom is -0.462 e. The summed E-state index contributed by atoms with van der Waals surface area (Å²) in [7, 11) is 0. The number of amides is 2. The van der Waals surface area contributed by atoms with Crippen molar-refractivity contribution in [2.75, 3.05) is 26.2 Å². The van der Waals surface area contributed by atoms with Crippen molar-refractivity contribution >= 4 is 23.2 Å². The Morgan fingerprint density at radius 3 is 2.50 bits per heavy atom. The molecule has 6 nitrogen and oxygen atoms in total. The van der Waals surface area contributed by atoms with Crippen LogP contribution in [0.4, 0.5) is 0 Å². The van der Waals surface area contributed by atoms with E-state index in [9.17, 15) is 9.59 Å². The molecule has 1 saturated heterocycles. The number of aryl methyl sites for hydroxylation is 1. The molecule has 0 aromatic carbocycles. The molecule has 1 aliphatic carbocycles. The zero-order chi connectivity index (χ0) is 18.1. The maximum Gasteiger partial charge on any atom is 0.273 e. The maximum atomic E-state index is 12.9. The summed E-state index contributed by atoms with van der Waals surface area (Å²) >= 11 is 1.47. The van der Waals surface area contributed by atoms with Crippen molar-refractivity contribution in [1.82, 2.24) is 14.8 Å². The molecule has 2 aromatic rings. The fourth-order valence-electron chi connectivity index (χ4n) is 3.81. The van der Waals surface area contributed by atoms with Gasteiger partial charge in [0.1, 0.15) is 5.69 Å². The first-order valence-electron chi connectivity index (χ1n) is 9.23. The lowest BCUT2D eigenvalue weighted by molar-refractivity contribution is -0.136. The van der Waals surface area contributed by atoms with Gasteiger partial charge in [-0.3, -0.25) is 9.59 Å². The molecular weight excluding hydrogens is 350 g/mol. The molecular formula is C19H23N3O3S. The summed E-state index contributed by atoms with van der Waals surface area (Å²) in [4.78, 5) is 34.5. The first kappa shape index (κ1) is 17.3. The second kappa shape index (κ2) is 7.23. The number of hydrogen-bond acceptors (Lipinski definition) is 5. The predicted octanol–water partition coefficient (Wildman–Crippen LogP) is 3.19. The van der Waals surface area contributed by atoms with Crippen molar-refractivity contribution in [2.24, 2.45) is 5.92 Å². The molecule has 0 bridgehead atoms. The Morgan fingerprint density at radius 2 is 1.85 bits per heavy atom. The van der Waals surface area contributed by atoms with E-state index in [1.807, 2.05) is 28.9 Å². The molecule has 2 aliphatic rings. The molecule has 0 unspecified atom stereocenters. The van der Waals surface area contributed by atoms with E-state index in [1.165, 1.54) is 11.3 Å². The van der Waals surface area contributed by atoms with Gasteiger partial charge < -0.3 is 14.2 Å². The van der Waals surface area contributed by atoms with Crippen LogP contribution in [0.25, 0.3) is 10.8 Å². The monoisotopic (exact) mass is 373 g/mol. The summed E-state index contributed by atoms with van der Waals surface area (Å²) in [5, 5.41) is 0.728. The Balaban J connectivity index is 1.40. The van der Waals surface area contributed by atoms with E-state index in [-0.39, 0.29) is 17.7 Å². The maximum absolute atomic E-state index is 12.9. The first-order chi connectivity index (χ1) is 12.6. The number of hydrogen-bond donors (Lipinski definition) is 0. The molecule has 0 atom stereocenters. The molecule has 7 heteroatoms. The van der Waals surface area contributed by atoms with Crippen molar-refractivity contribution in [3.63, 3.8) is 0 Å². The van der Waals surface area contributed by atoms with Gasteiger partial charge in [-0.1, -0.05) is 12.8 Å². The fraction of sp³-hybridized carbons (Fsp3) is 0.526. The molecule has 2 amide bonds. The molecule has 2 aromatic heterocycles. The third kappa shape index (κ3) is 3.28. The first-order valence-corrected chi connectivity index (χ1v) is 10.0.